The first-order valence-electron chi connectivity index (χ1n) is 5.47. The van der Waals surface area contributed by atoms with Gasteiger partial charge in [0.1, 0.15) is 11.9 Å². The Kier molecular flexibility index (Phi) is 7.72. The molecular formula is C12H10Na2O7. The molecule has 1 aliphatic heterocycles. The molecule has 7 nitrogen and oxygen atoms in total. The van der Waals surface area contributed by atoms with Gasteiger partial charge < -0.3 is 34.4 Å². The summed E-state index contributed by atoms with van der Waals surface area (Å²) in [5, 5.41) is 31.0. The molecule has 21 heavy (non-hydrogen) atoms. The summed E-state index contributed by atoms with van der Waals surface area (Å²) in [6, 6.07) is 4.33. The average Bonchev–Trinajstić information content (AvgIpc) is 2.68. The topological polar surface area (TPSA) is 119 Å². The van der Waals surface area contributed by atoms with Crippen molar-refractivity contribution in [3.8, 4) is 11.5 Å². The van der Waals surface area contributed by atoms with Crippen LogP contribution in [0, 0.1) is 0 Å². The first-order chi connectivity index (χ1) is 8.85. The van der Waals surface area contributed by atoms with Crippen LogP contribution in [-0.4, -0.2) is 28.9 Å². The summed E-state index contributed by atoms with van der Waals surface area (Å²) in [7, 11) is 0. The third-order valence-corrected chi connectivity index (χ3v) is 2.58. The van der Waals surface area contributed by atoms with E-state index in [1.807, 2.05) is 0 Å². The molecule has 0 amide bonds. The van der Waals surface area contributed by atoms with Crippen LogP contribution in [0.25, 0.3) is 0 Å². The van der Waals surface area contributed by atoms with Crippen LogP contribution >= 0.6 is 0 Å². The molecule has 0 saturated heterocycles. The number of rotatable bonds is 4. The molecule has 1 aromatic carbocycles. The van der Waals surface area contributed by atoms with E-state index in [0.29, 0.717) is 12.0 Å². The van der Waals surface area contributed by atoms with Gasteiger partial charge in [-0.3, -0.25) is 0 Å². The molecule has 0 bridgehead atoms. The van der Waals surface area contributed by atoms with E-state index in [9.17, 15) is 24.9 Å². The summed E-state index contributed by atoms with van der Waals surface area (Å²) in [5.74, 6) is -7.16. The van der Waals surface area contributed by atoms with Crippen molar-refractivity contribution in [1.29, 1.82) is 0 Å². The van der Waals surface area contributed by atoms with E-state index in [-0.39, 0.29) is 70.6 Å². The number of aliphatic hydroxyl groups is 1. The molecule has 1 aliphatic rings. The molecule has 0 radical (unpaired) electrons. The van der Waals surface area contributed by atoms with Crippen molar-refractivity contribution < 1.29 is 93.5 Å². The molecule has 0 aliphatic carbocycles. The van der Waals surface area contributed by atoms with Crippen molar-refractivity contribution in [3.63, 3.8) is 0 Å². The number of hydrogen-bond acceptors (Lipinski definition) is 7. The summed E-state index contributed by atoms with van der Waals surface area (Å²) >= 11 is 0. The Morgan fingerprint density at radius 3 is 2.19 bits per heavy atom. The predicted molar refractivity (Wildman–Crippen MR) is 55.8 cm³/mol. The molecule has 9 heteroatoms. The summed E-state index contributed by atoms with van der Waals surface area (Å²) < 4.78 is 9.58. The van der Waals surface area contributed by atoms with Crippen LogP contribution in [0.4, 0.5) is 0 Å². The Balaban J connectivity index is 0.00000200. The number of carbonyl (C=O) groups is 2. The van der Waals surface area contributed by atoms with Crippen molar-refractivity contribution >= 4 is 11.9 Å². The van der Waals surface area contributed by atoms with Crippen molar-refractivity contribution in [2.24, 2.45) is 0 Å². The second-order valence-electron chi connectivity index (χ2n) is 4.23. The second kappa shape index (κ2) is 7.82. The van der Waals surface area contributed by atoms with E-state index in [4.69, 9.17) is 9.47 Å². The largest absolute Gasteiger partial charge is 1.00 e. The van der Waals surface area contributed by atoms with Gasteiger partial charge in [0.2, 0.25) is 0 Å². The van der Waals surface area contributed by atoms with E-state index in [0.717, 1.165) is 0 Å². The first kappa shape index (κ1) is 20.7. The van der Waals surface area contributed by atoms with Crippen LogP contribution < -0.4 is 78.8 Å². The molecule has 0 saturated carbocycles. The van der Waals surface area contributed by atoms with E-state index >= 15 is 0 Å². The molecule has 0 spiro atoms. The van der Waals surface area contributed by atoms with Gasteiger partial charge in [-0.25, -0.2) is 0 Å². The fourth-order valence-corrected chi connectivity index (χ4v) is 1.77. The van der Waals surface area contributed by atoms with Gasteiger partial charge in [-0.2, -0.15) is 0 Å². The molecule has 1 atom stereocenters. The number of fused-ring (bicyclic) bond motifs is 1. The van der Waals surface area contributed by atoms with E-state index in [2.05, 4.69) is 0 Å². The van der Waals surface area contributed by atoms with Crippen molar-refractivity contribution in [2.75, 3.05) is 0 Å². The predicted octanol–water partition coefficient (Wildman–Crippen LogP) is -8.41. The zero-order valence-electron chi connectivity index (χ0n) is 11.9. The van der Waals surface area contributed by atoms with Crippen LogP contribution in [0.2, 0.25) is 0 Å². The van der Waals surface area contributed by atoms with Crippen LogP contribution in [-0.2, 0) is 16.0 Å². The first-order valence-corrected chi connectivity index (χ1v) is 5.47. The smallest absolute Gasteiger partial charge is 0.542 e. The summed E-state index contributed by atoms with van der Waals surface area (Å²) in [6.07, 6.45) is -0.298. The molecule has 2 rings (SSSR count). The average molecular weight is 312 g/mol. The van der Waals surface area contributed by atoms with Gasteiger partial charge in [0.05, 0.1) is 6.10 Å². The molecule has 1 N–H and O–H groups in total. The second-order valence-corrected chi connectivity index (χ2v) is 4.23. The Hall–Kier alpha value is -0.280. The number of ether oxygens (including phenoxy) is 2. The minimum atomic E-state index is -2.97. The summed E-state index contributed by atoms with van der Waals surface area (Å²) in [5.41, 5.74) is 0.643. The van der Waals surface area contributed by atoms with E-state index in [1.54, 1.807) is 13.0 Å². The fraction of sp³-hybridized carbons (Fsp3) is 0.333. The Bertz CT molecular complexity index is 530. The third kappa shape index (κ3) is 4.13. The molecule has 0 aromatic heterocycles. The monoisotopic (exact) mass is 312 g/mol. The number of hydrogen-bond donors (Lipinski definition) is 1. The van der Waals surface area contributed by atoms with Gasteiger partial charge in [0, 0.05) is 0 Å². The molecule has 0 fully saturated rings. The van der Waals surface area contributed by atoms with Crippen molar-refractivity contribution in [3.05, 3.63) is 23.8 Å². The maximum atomic E-state index is 10.9. The Morgan fingerprint density at radius 2 is 1.71 bits per heavy atom. The van der Waals surface area contributed by atoms with Crippen LogP contribution in [0.15, 0.2) is 18.2 Å². The van der Waals surface area contributed by atoms with Gasteiger partial charge >= 0.3 is 64.9 Å². The molecule has 102 valence electrons. The van der Waals surface area contributed by atoms with Crippen molar-refractivity contribution in [1.82, 2.24) is 0 Å². The van der Waals surface area contributed by atoms with Crippen LogP contribution in [0.1, 0.15) is 12.5 Å². The number of aliphatic hydroxyl groups excluding tert-OH is 1. The molecule has 1 aromatic rings. The normalized spacial score (nSPS) is 15.3. The minimum Gasteiger partial charge on any atom is -0.542 e. The fourth-order valence-electron chi connectivity index (χ4n) is 1.77. The SMILES string of the molecule is C[C@@H](O)Cc1ccc2c(c1)OC(C(=O)[O-])(C(=O)[O-])O2.[Na+].[Na+]. The summed E-state index contributed by atoms with van der Waals surface area (Å²) in [4.78, 5) is 21.7. The van der Waals surface area contributed by atoms with Crippen LogP contribution in [0.3, 0.4) is 0 Å². The van der Waals surface area contributed by atoms with Gasteiger partial charge in [-0.05, 0) is 31.0 Å². The van der Waals surface area contributed by atoms with Gasteiger partial charge in [0.25, 0.3) is 0 Å². The Morgan fingerprint density at radius 1 is 1.19 bits per heavy atom. The number of carbonyl (C=O) groups excluding carboxylic acids is 2. The molecule has 1 heterocycles. The third-order valence-electron chi connectivity index (χ3n) is 2.58. The zero-order chi connectivity index (χ0) is 14.2. The Labute approximate surface area is 164 Å². The standard InChI is InChI=1S/C12H12O7.2Na/c1-6(13)4-7-2-3-8-9(5-7)19-12(18-8,10(14)15)11(16)17;;/h2-3,5-6,13H,4H2,1H3,(H,14,15)(H,16,17);;/q;2*+1/p-2/t6-;;/m1../s1. The van der Waals surface area contributed by atoms with E-state index in [1.165, 1.54) is 12.1 Å². The molecule has 0 unspecified atom stereocenters. The van der Waals surface area contributed by atoms with Gasteiger partial charge in [-0.15, -0.1) is 0 Å². The maximum Gasteiger partial charge on any atom is 1.00 e. The van der Waals surface area contributed by atoms with E-state index < -0.39 is 23.8 Å². The van der Waals surface area contributed by atoms with Gasteiger partial charge in [0.15, 0.2) is 11.5 Å². The number of aliphatic carboxylic acids is 2. The van der Waals surface area contributed by atoms with Gasteiger partial charge in [-0.1, -0.05) is 6.07 Å². The maximum absolute atomic E-state index is 10.9. The number of carboxylic acids is 2. The van der Waals surface area contributed by atoms with Crippen LogP contribution in [0.5, 0.6) is 11.5 Å². The summed E-state index contributed by atoms with van der Waals surface area (Å²) in [6.45, 7) is 1.58. The zero-order valence-corrected chi connectivity index (χ0v) is 15.9. The quantitative estimate of drug-likeness (QED) is 0.433. The van der Waals surface area contributed by atoms with Crippen molar-refractivity contribution in [2.45, 2.75) is 25.2 Å². The number of benzene rings is 1. The molecular weight excluding hydrogens is 302 g/mol. The number of carboxylic acid groups (broad SMARTS) is 2. The minimum absolute atomic E-state index is 0.